The van der Waals surface area contributed by atoms with E-state index in [1.54, 1.807) is 11.3 Å². The molecule has 1 N–H and O–H groups in total. The maximum absolute atomic E-state index is 6.10. The van der Waals surface area contributed by atoms with Gasteiger partial charge in [0.1, 0.15) is 0 Å². The van der Waals surface area contributed by atoms with Crippen LogP contribution in [0.3, 0.4) is 0 Å². The van der Waals surface area contributed by atoms with Crippen LogP contribution >= 0.6 is 22.9 Å². The van der Waals surface area contributed by atoms with Gasteiger partial charge in [0.05, 0.1) is 6.04 Å². The van der Waals surface area contributed by atoms with Gasteiger partial charge in [-0.3, -0.25) is 0 Å². The van der Waals surface area contributed by atoms with Gasteiger partial charge in [-0.25, -0.2) is 0 Å². The van der Waals surface area contributed by atoms with E-state index in [1.165, 1.54) is 21.2 Å². The number of hydrogen-bond donors (Lipinski definition) is 1. The molecule has 1 nitrogen and oxygen atoms in total. The van der Waals surface area contributed by atoms with Gasteiger partial charge in [-0.15, -0.1) is 11.3 Å². The molecule has 1 heterocycles. The van der Waals surface area contributed by atoms with Gasteiger partial charge in [0.2, 0.25) is 0 Å². The molecule has 0 spiro atoms. The molecule has 0 saturated carbocycles. The molecule has 0 aliphatic heterocycles. The molecule has 96 valence electrons. The highest BCUT2D eigenvalue weighted by atomic mass is 35.5. The molecule has 0 bridgehead atoms. The molecule has 0 aliphatic carbocycles. The standard InChI is InChI=1S/C16H14ClNS/c1-18-16(11-5-4-6-12(17)9-11)14-10-19-15-8-3-2-7-13(14)15/h2-10,16,18H,1H3. The van der Waals surface area contributed by atoms with E-state index in [4.69, 9.17) is 11.6 Å². The summed E-state index contributed by atoms with van der Waals surface area (Å²) in [5, 5.41) is 7.70. The number of nitrogens with one attached hydrogen (secondary N) is 1. The minimum Gasteiger partial charge on any atom is -0.309 e. The third-order valence-corrected chi connectivity index (χ3v) is 4.51. The summed E-state index contributed by atoms with van der Waals surface area (Å²) in [4.78, 5) is 0. The van der Waals surface area contributed by atoms with E-state index in [1.807, 2.05) is 25.2 Å². The fourth-order valence-electron chi connectivity index (χ4n) is 2.41. The minimum absolute atomic E-state index is 0.176. The van der Waals surface area contributed by atoms with Gasteiger partial charge in [-0.1, -0.05) is 41.9 Å². The predicted molar refractivity (Wildman–Crippen MR) is 84.2 cm³/mol. The van der Waals surface area contributed by atoms with E-state index < -0.39 is 0 Å². The summed E-state index contributed by atoms with van der Waals surface area (Å²) in [5.41, 5.74) is 2.50. The van der Waals surface area contributed by atoms with Crippen molar-refractivity contribution in [2.45, 2.75) is 6.04 Å². The first-order chi connectivity index (χ1) is 9.29. The van der Waals surface area contributed by atoms with Crippen LogP contribution in [0, 0.1) is 0 Å². The van der Waals surface area contributed by atoms with Gasteiger partial charge in [0.15, 0.2) is 0 Å². The molecule has 1 atom stereocenters. The summed E-state index contributed by atoms with van der Waals surface area (Å²) in [6.07, 6.45) is 0. The number of thiophene rings is 1. The fourth-order valence-corrected chi connectivity index (χ4v) is 3.60. The molecule has 1 aromatic heterocycles. The zero-order valence-corrected chi connectivity index (χ0v) is 12.1. The Kier molecular flexibility index (Phi) is 3.56. The summed E-state index contributed by atoms with van der Waals surface area (Å²) in [5.74, 6) is 0. The number of fused-ring (bicyclic) bond motifs is 1. The van der Waals surface area contributed by atoms with Gasteiger partial charge < -0.3 is 5.32 Å². The summed E-state index contributed by atoms with van der Waals surface area (Å²) in [7, 11) is 1.98. The van der Waals surface area contributed by atoms with Crippen LogP contribution in [0.15, 0.2) is 53.9 Å². The molecule has 1 unspecified atom stereocenters. The normalized spacial score (nSPS) is 12.7. The fraction of sp³-hybridized carbons (Fsp3) is 0.125. The van der Waals surface area contributed by atoms with Crippen molar-refractivity contribution in [3.63, 3.8) is 0 Å². The number of halogens is 1. The molecule has 0 saturated heterocycles. The second-order valence-corrected chi connectivity index (χ2v) is 5.81. The Bertz CT molecular complexity index is 705. The van der Waals surface area contributed by atoms with E-state index >= 15 is 0 Å². The second-order valence-electron chi connectivity index (χ2n) is 4.46. The third kappa shape index (κ3) is 2.39. The van der Waals surface area contributed by atoms with Gasteiger partial charge >= 0.3 is 0 Å². The van der Waals surface area contributed by atoms with Crippen LogP contribution in [0.25, 0.3) is 10.1 Å². The van der Waals surface area contributed by atoms with Crippen molar-refractivity contribution in [1.29, 1.82) is 0 Å². The van der Waals surface area contributed by atoms with Gasteiger partial charge in [-0.2, -0.15) is 0 Å². The Hall–Kier alpha value is -1.35. The highest BCUT2D eigenvalue weighted by Gasteiger charge is 2.16. The van der Waals surface area contributed by atoms with Crippen molar-refractivity contribution in [2.24, 2.45) is 0 Å². The molecule has 3 aromatic rings. The Balaban J connectivity index is 2.12. The lowest BCUT2D eigenvalue weighted by Crippen LogP contribution is -2.17. The van der Waals surface area contributed by atoms with Gasteiger partial charge in [0, 0.05) is 9.72 Å². The highest BCUT2D eigenvalue weighted by molar-refractivity contribution is 7.17. The van der Waals surface area contributed by atoms with E-state index in [0.717, 1.165) is 5.02 Å². The van der Waals surface area contributed by atoms with Crippen molar-refractivity contribution < 1.29 is 0 Å². The number of rotatable bonds is 3. The molecule has 3 heteroatoms. The van der Waals surface area contributed by atoms with Gasteiger partial charge in [-0.05, 0) is 47.1 Å². The Labute approximate surface area is 121 Å². The molecule has 3 rings (SSSR count). The summed E-state index contributed by atoms with van der Waals surface area (Å²) in [6.45, 7) is 0. The van der Waals surface area contributed by atoms with Crippen LogP contribution in [0.4, 0.5) is 0 Å². The number of hydrogen-bond acceptors (Lipinski definition) is 2. The smallest absolute Gasteiger partial charge is 0.0589 e. The summed E-state index contributed by atoms with van der Waals surface area (Å²) >= 11 is 7.88. The quantitative estimate of drug-likeness (QED) is 0.725. The topological polar surface area (TPSA) is 12.0 Å². The first-order valence-corrected chi connectivity index (χ1v) is 7.44. The van der Waals surface area contributed by atoms with Crippen molar-refractivity contribution in [2.75, 3.05) is 7.05 Å². The predicted octanol–water partition coefficient (Wildman–Crippen LogP) is 4.86. The number of benzene rings is 2. The zero-order chi connectivity index (χ0) is 13.2. The van der Waals surface area contributed by atoms with Crippen LogP contribution < -0.4 is 5.32 Å². The highest BCUT2D eigenvalue weighted by Crippen LogP contribution is 2.33. The van der Waals surface area contributed by atoms with E-state index in [2.05, 4.69) is 41.0 Å². The monoisotopic (exact) mass is 287 g/mol. The SMILES string of the molecule is CNC(c1cccc(Cl)c1)c1csc2ccccc12. The molecule has 0 amide bonds. The largest absolute Gasteiger partial charge is 0.309 e. The molecule has 0 radical (unpaired) electrons. The average Bonchev–Trinajstić information content (AvgIpc) is 2.84. The Morgan fingerprint density at radius 3 is 2.74 bits per heavy atom. The third-order valence-electron chi connectivity index (χ3n) is 3.29. The first-order valence-electron chi connectivity index (χ1n) is 6.18. The van der Waals surface area contributed by atoms with Crippen LogP contribution in [-0.2, 0) is 0 Å². The van der Waals surface area contributed by atoms with Crippen LogP contribution in [0.5, 0.6) is 0 Å². The van der Waals surface area contributed by atoms with Crippen LogP contribution in [-0.4, -0.2) is 7.05 Å². The summed E-state index contributed by atoms with van der Waals surface area (Å²) in [6, 6.07) is 16.7. The van der Waals surface area contributed by atoms with Crippen LogP contribution in [0.2, 0.25) is 5.02 Å². The Morgan fingerprint density at radius 1 is 1.11 bits per heavy atom. The second kappa shape index (κ2) is 5.33. The van der Waals surface area contributed by atoms with Gasteiger partial charge in [0.25, 0.3) is 0 Å². The van der Waals surface area contributed by atoms with Crippen molar-refractivity contribution in [3.05, 3.63) is 70.1 Å². The summed E-state index contributed by atoms with van der Waals surface area (Å²) < 4.78 is 1.32. The van der Waals surface area contributed by atoms with E-state index in [-0.39, 0.29) is 6.04 Å². The maximum atomic E-state index is 6.10. The van der Waals surface area contributed by atoms with Crippen molar-refractivity contribution in [3.8, 4) is 0 Å². The molecule has 0 aliphatic rings. The first kappa shape index (κ1) is 12.7. The van der Waals surface area contributed by atoms with E-state index in [9.17, 15) is 0 Å². The average molecular weight is 288 g/mol. The lowest BCUT2D eigenvalue weighted by molar-refractivity contribution is 0.699. The zero-order valence-electron chi connectivity index (χ0n) is 10.6. The molecule has 2 aromatic carbocycles. The lowest BCUT2D eigenvalue weighted by Gasteiger charge is -2.16. The Morgan fingerprint density at radius 2 is 1.95 bits per heavy atom. The molecular weight excluding hydrogens is 274 g/mol. The minimum atomic E-state index is 0.176. The van der Waals surface area contributed by atoms with E-state index in [0.29, 0.717) is 0 Å². The van der Waals surface area contributed by atoms with Crippen molar-refractivity contribution >= 4 is 33.0 Å². The molecular formula is C16H14ClNS. The maximum Gasteiger partial charge on any atom is 0.0589 e. The molecule has 19 heavy (non-hydrogen) atoms. The van der Waals surface area contributed by atoms with Crippen LogP contribution in [0.1, 0.15) is 17.2 Å². The molecule has 0 fully saturated rings. The lowest BCUT2D eigenvalue weighted by atomic mass is 9.98. The van der Waals surface area contributed by atoms with Crippen molar-refractivity contribution in [1.82, 2.24) is 5.32 Å².